The van der Waals surface area contributed by atoms with E-state index in [0.29, 0.717) is 19.4 Å². The Bertz CT molecular complexity index is 640. The minimum Gasteiger partial charge on any atom is -0.354 e. The number of carbonyl (C=O) groups is 2. The smallest absolute Gasteiger partial charge is 0.245 e. The fourth-order valence-electron chi connectivity index (χ4n) is 4.44. The van der Waals surface area contributed by atoms with E-state index in [1.54, 1.807) is 0 Å². The average molecular weight is 372 g/mol. The highest BCUT2D eigenvalue weighted by Gasteiger charge is 2.50. The average Bonchev–Trinajstić information content (AvgIpc) is 2.99. The number of hydrogen-bond donors (Lipinski definition) is 1. The molecule has 1 atom stereocenters. The van der Waals surface area contributed by atoms with Crippen molar-refractivity contribution in [1.82, 2.24) is 15.1 Å². The van der Waals surface area contributed by atoms with Crippen LogP contribution < -0.4 is 5.32 Å². The number of unbranched alkanes of at least 4 members (excludes halogenated alkanes) is 1. The third kappa shape index (κ3) is 4.52. The Morgan fingerprint density at radius 2 is 1.93 bits per heavy atom. The lowest BCUT2D eigenvalue weighted by atomic mass is 9.93. The zero-order chi connectivity index (χ0) is 19.3. The van der Waals surface area contributed by atoms with Gasteiger partial charge in [0.25, 0.3) is 0 Å². The molecule has 2 aliphatic rings. The summed E-state index contributed by atoms with van der Waals surface area (Å²) in [7, 11) is 0. The molecule has 5 heteroatoms. The van der Waals surface area contributed by atoms with Crippen molar-refractivity contribution in [2.45, 2.75) is 70.5 Å². The van der Waals surface area contributed by atoms with Gasteiger partial charge in [-0.15, -0.1) is 0 Å². The van der Waals surface area contributed by atoms with Crippen molar-refractivity contribution >= 4 is 11.8 Å². The molecule has 0 aromatic heterocycles. The van der Waals surface area contributed by atoms with E-state index in [0.717, 1.165) is 45.3 Å². The highest BCUT2D eigenvalue weighted by atomic mass is 16.2. The normalized spacial score (nSPS) is 24.4. The summed E-state index contributed by atoms with van der Waals surface area (Å²) in [5.41, 5.74) is 0.644. The van der Waals surface area contributed by atoms with Crippen LogP contribution in [-0.4, -0.2) is 52.8 Å². The molecular formula is C22H33N3O2. The second-order valence-corrected chi connectivity index (χ2v) is 8.14. The Balaban J connectivity index is 1.59. The summed E-state index contributed by atoms with van der Waals surface area (Å²) < 4.78 is 0. The molecule has 1 aromatic rings. The molecule has 3 rings (SSSR count). The van der Waals surface area contributed by atoms with Crippen LogP contribution in [0.5, 0.6) is 0 Å². The molecule has 2 amide bonds. The van der Waals surface area contributed by atoms with Gasteiger partial charge in [0.1, 0.15) is 5.54 Å². The van der Waals surface area contributed by atoms with Gasteiger partial charge in [-0.1, -0.05) is 43.7 Å². The molecule has 2 saturated heterocycles. The van der Waals surface area contributed by atoms with E-state index in [2.05, 4.69) is 41.4 Å². The van der Waals surface area contributed by atoms with Gasteiger partial charge in [-0.2, -0.15) is 0 Å². The van der Waals surface area contributed by atoms with E-state index in [1.165, 1.54) is 5.56 Å². The Morgan fingerprint density at radius 3 is 2.59 bits per heavy atom. The molecule has 0 bridgehead atoms. The van der Waals surface area contributed by atoms with Crippen LogP contribution in [0, 0.1) is 0 Å². The largest absolute Gasteiger partial charge is 0.354 e. The van der Waals surface area contributed by atoms with E-state index in [-0.39, 0.29) is 17.9 Å². The van der Waals surface area contributed by atoms with Gasteiger partial charge in [-0.3, -0.25) is 14.5 Å². The third-order valence-corrected chi connectivity index (χ3v) is 6.10. The van der Waals surface area contributed by atoms with Crippen LogP contribution in [0.15, 0.2) is 30.3 Å². The van der Waals surface area contributed by atoms with Crippen molar-refractivity contribution in [3.05, 3.63) is 35.9 Å². The van der Waals surface area contributed by atoms with Crippen LogP contribution in [0.1, 0.15) is 57.9 Å². The van der Waals surface area contributed by atoms with E-state index >= 15 is 0 Å². The number of benzene rings is 1. The van der Waals surface area contributed by atoms with Crippen LogP contribution in [0.2, 0.25) is 0 Å². The molecule has 1 N–H and O–H groups in total. The maximum absolute atomic E-state index is 12.8. The van der Waals surface area contributed by atoms with Crippen LogP contribution in [-0.2, 0) is 16.1 Å². The fourth-order valence-corrected chi connectivity index (χ4v) is 4.44. The van der Waals surface area contributed by atoms with Gasteiger partial charge in [-0.25, -0.2) is 0 Å². The van der Waals surface area contributed by atoms with Gasteiger partial charge in [0.05, 0.1) is 0 Å². The first-order valence-corrected chi connectivity index (χ1v) is 10.4. The molecule has 0 radical (unpaired) electrons. The minimum absolute atomic E-state index is 0.0218. The number of nitrogens with zero attached hydrogens (tertiary/aromatic N) is 2. The third-order valence-electron chi connectivity index (χ3n) is 6.10. The molecule has 148 valence electrons. The number of piperidine rings is 1. The zero-order valence-electron chi connectivity index (χ0n) is 16.7. The summed E-state index contributed by atoms with van der Waals surface area (Å²) in [5, 5.41) is 3.05. The van der Waals surface area contributed by atoms with Crippen LogP contribution in [0.25, 0.3) is 0 Å². The van der Waals surface area contributed by atoms with Gasteiger partial charge >= 0.3 is 0 Å². The van der Waals surface area contributed by atoms with E-state index in [4.69, 9.17) is 0 Å². The second-order valence-electron chi connectivity index (χ2n) is 8.14. The molecule has 1 unspecified atom stereocenters. The quantitative estimate of drug-likeness (QED) is 0.750. The molecule has 2 fully saturated rings. The molecule has 27 heavy (non-hydrogen) atoms. The zero-order valence-corrected chi connectivity index (χ0v) is 16.7. The molecular weight excluding hydrogens is 338 g/mol. The molecule has 0 saturated carbocycles. The summed E-state index contributed by atoms with van der Waals surface area (Å²) in [6.45, 7) is 7.66. The Morgan fingerprint density at radius 1 is 1.22 bits per heavy atom. The van der Waals surface area contributed by atoms with Crippen molar-refractivity contribution in [3.63, 3.8) is 0 Å². The second kappa shape index (κ2) is 8.87. The minimum atomic E-state index is -0.683. The number of hydrogen-bond acceptors (Lipinski definition) is 3. The molecule has 0 spiro atoms. The summed E-state index contributed by atoms with van der Waals surface area (Å²) in [5.74, 6) is 0.165. The van der Waals surface area contributed by atoms with Crippen LogP contribution in [0.3, 0.4) is 0 Å². The van der Waals surface area contributed by atoms with E-state index < -0.39 is 5.54 Å². The maximum atomic E-state index is 12.8. The standard InChI is InChI=1S/C22H33N3O2/c1-3-4-14-23-21(27)22(2)13-10-20(26)25(22)19-11-15-24(16-12-19)17-18-8-6-5-7-9-18/h5-9,19H,3-4,10-17H2,1-2H3,(H,23,27). The summed E-state index contributed by atoms with van der Waals surface area (Å²) in [6, 6.07) is 10.7. The topological polar surface area (TPSA) is 52.7 Å². The van der Waals surface area contributed by atoms with Crippen molar-refractivity contribution in [3.8, 4) is 0 Å². The van der Waals surface area contributed by atoms with Gasteiger partial charge in [-0.05, 0) is 38.2 Å². The SMILES string of the molecule is CCCCNC(=O)C1(C)CCC(=O)N1C1CCN(Cc2ccccc2)CC1. The first-order chi connectivity index (χ1) is 13.0. The first kappa shape index (κ1) is 19.9. The van der Waals surface area contributed by atoms with Crippen molar-refractivity contribution in [2.24, 2.45) is 0 Å². The number of likely N-dealkylation sites (tertiary alicyclic amines) is 2. The van der Waals surface area contributed by atoms with Crippen LogP contribution >= 0.6 is 0 Å². The summed E-state index contributed by atoms with van der Waals surface area (Å²) >= 11 is 0. The highest BCUT2D eigenvalue weighted by molar-refractivity contribution is 5.94. The summed E-state index contributed by atoms with van der Waals surface area (Å²) in [6.07, 6.45) is 5.04. The van der Waals surface area contributed by atoms with Gasteiger partial charge in [0, 0.05) is 38.6 Å². The molecule has 5 nitrogen and oxygen atoms in total. The predicted molar refractivity (Wildman–Crippen MR) is 107 cm³/mol. The lowest BCUT2D eigenvalue weighted by Gasteiger charge is -2.43. The molecule has 2 heterocycles. The molecule has 2 aliphatic heterocycles. The number of rotatable bonds is 7. The fraction of sp³-hybridized carbons (Fsp3) is 0.636. The van der Waals surface area contributed by atoms with Crippen molar-refractivity contribution in [1.29, 1.82) is 0 Å². The number of nitrogens with one attached hydrogen (secondary N) is 1. The van der Waals surface area contributed by atoms with E-state index in [1.807, 2.05) is 17.9 Å². The maximum Gasteiger partial charge on any atom is 0.245 e. The van der Waals surface area contributed by atoms with Crippen molar-refractivity contribution in [2.75, 3.05) is 19.6 Å². The van der Waals surface area contributed by atoms with Gasteiger partial charge in [0.2, 0.25) is 11.8 Å². The lowest BCUT2D eigenvalue weighted by Crippen LogP contribution is -2.59. The number of carbonyl (C=O) groups excluding carboxylic acids is 2. The number of amides is 2. The predicted octanol–water partition coefficient (Wildman–Crippen LogP) is 2.95. The first-order valence-electron chi connectivity index (χ1n) is 10.4. The summed E-state index contributed by atoms with van der Waals surface area (Å²) in [4.78, 5) is 29.8. The van der Waals surface area contributed by atoms with Crippen LogP contribution in [0.4, 0.5) is 0 Å². The highest BCUT2D eigenvalue weighted by Crippen LogP contribution is 2.35. The van der Waals surface area contributed by atoms with Gasteiger partial charge < -0.3 is 10.2 Å². The van der Waals surface area contributed by atoms with Crippen molar-refractivity contribution < 1.29 is 9.59 Å². The Hall–Kier alpha value is -1.88. The molecule has 1 aromatic carbocycles. The lowest BCUT2D eigenvalue weighted by molar-refractivity contribution is -0.144. The molecule has 0 aliphatic carbocycles. The monoisotopic (exact) mass is 371 g/mol. The van der Waals surface area contributed by atoms with E-state index in [9.17, 15) is 9.59 Å². The Kier molecular flexibility index (Phi) is 6.53. The van der Waals surface area contributed by atoms with Gasteiger partial charge in [0.15, 0.2) is 0 Å². The Labute approximate surface area is 163 Å².